The zero-order valence-electron chi connectivity index (χ0n) is 6.05. The molecule has 2 radical (unpaired) electrons. The second kappa shape index (κ2) is 3.94. The van der Waals surface area contributed by atoms with Crippen LogP contribution in [0.3, 0.4) is 0 Å². The van der Waals surface area contributed by atoms with Gasteiger partial charge in [-0.15, -0.1) is 0 Å². The van der Waals surface area contributed by atoms with Crippen molar-refractivity contribution in [2.75, 3.05) is 6.61 Å². The molecule has 0 aliphatic carbocycles. The molecule has 1 aromatic rings. The summed E-state index contributed by atoms with van der Waals surface area (Å²) in [7, 11) is 0. The van der Waals surface area contributed by atoms with Gasteiger partial charge < -0.3 is 4.74 Å². The Morgan fingerprint density at radius 3 is 3.00 bits per heavy atom. The van der Waals surface area contributed by atoms with Crippen LogP contribution in [0.2, 0.25) is 0 Å². The lowest BCUT2D eigenvalue weighted by Crippen LogP contribution is -1.93. The predicted molar refractivity (Wildman–Crippen MR) is 39.9 cm³/mol. The number of benzene rings is 1. The molecule has 0 aliphatic rings. The summed E-state index contributed by atoms with van der Waals surface area (Å²) in [6, 6.07) is 11.3. The van der Waals surface area contributed by atoms with Crippen LogP contribution in [0.15, 0.2) is 18.2 Å². The fourth-order valence-corrected chi connectivity index (χ4v) is 0.633. The topological polar surface area (TPSA) is 9.23 Å². The van der Waals surface area contributed by atoms with Crippen molar-refractivity contribution >= 4 is 0 Å². The molecule has 0 amide bonds. The fourth-order valence-electron chi connectivity index (χ4n) is 0.633. The van der Waals surface area contributed by atoms with Crippen molar-refractivity contribution in [2.24, 2.45) is 0 Å². The van der Waals surface area contributed by atoms with Gasteiger partial charge in [0.05, 0.1) is 6.61 Å². The second-order valence-electron chi connectivity index (χ2n) is 2.00. The summed E-state index contributed by atoms with van der Waals surface area (Å²) in [5.74, 6) is 0.782. The lowest BCUT2D eigenvalue weighted by atomic mass is 10.3. The third-order valence-corrected chi connectivity index (χ3v) is 1.08. The summed E-state index contributed by atoms with van der Waals surface area (Å²) in [5, 5.41) is 0. The van der Waals surface area contributed by atoms with E-state index < -0.39 is 0 Å². The van der Waals surface area contributed by atoms with Crippen molar-refractivity contribution < 1.29 is 4.74 Å². The first-order chi connectivity index (χ1) is 4.93. The Labute approximate surface area is 61.6 Å². The van der Waals surface area contributed by atoms with Gasteiger partial charge in [0.15, 0.2) is 0 Å². The Kier molecular flexibility index (Phi) is 2.81. The van der Waals surface area contributed by atoms with Crippen molar-refractivity contribution in [3.8, 4) is 5.75 Å². The quantitative estimate of drug-likeness (QED) is 0.615. The minimum atomic E-state index is 0.758. The molecule has 10 heavy (non-hydrogen) atoms. The highest BCUT2D eigenvalue weighted by atomic mass is 16.5. The van der Waals surface area contributed by atoms with E-state index in [9.17, 15) is 0 Å². The van der Waals surface area contributed by atoms with Crippen LogP contribution in [0.1, 0.15) is 13.3 Å². The number of hydrogen-bond acceptors (Lipinski definition) is 1. The minimum Gasteiger partial charge on any atom is -0.493 e. The van der Waals surface area contributed by atoms with Crippen LogP contribution in [0.25, 0.3) is 0 Å². The van der Waals surface area contributed by atoms with E-state index in [1.54, 1.807) is 18.2 Å². The van der Waals surface area contributed by atoms with Crippen LogP contribution in [0.4, 0.5) is 0 Å². The van der Waals surface area contributed by atoms with Gasteiger partial charge in [0, 0.05) is 6.07 Å². The van der Waals surface area contributed by atoms with Gasteiger partial charge in [-0.3, -0.25) is 0 Å². The Balaban J connectivity index is 2.43. The Hall–Kier alpha value is -0.980. The van der Waals surface area contributed by atoms with E-state index in [4.69, 9.17) is 4.74 Å². The number of ether oxygens (including phenoxy) is 1. The zero-order valence-corrected chi connectivity index (χ0v) is 6.05. The molecule has 0 bridgehead atoms. The van der Waals surface area contributed by atoms with E-state index in [-0.39, 0.29) is 0 Å². The third kappa shape index (κ3) is 2.09. The van der Waals surface area contributed by atoms with Crippen molar-refractivity contribution in [1.29, 1.82) is 0 Å². The maximum absolute atomic E-state index is 5.27. The molecule has 0 saturated heterocycles. The molecular weight excluding hydrogens is 124 g/mol. The second-order valence-corrected chi connectivity index (χ2v) is 2.00. The first-order valence-electron chi connectivity index (χ1n) is 3.44. The van der Waals surface area contributed by atoms with Crippen molar-refractivity contribution in [1.82, 2.24) is 0 Å². The van der Waals surface area contributed by atoms with Gasteiger partial charge in [-0.05, 0) is 24.6 Å². The Bertz CT molecular complexity index is 169. The lowest BCUT2D eigenvalue weighted by Gasteiger charge is -2.00. The summed E-state index contributed by atoms with van der Waals surface area (Å²) in [6.07, 6.45) is 1.03. The first-order valence-corrected chi connectivity index (χ1v) is 3.44. The molecule has 0 atom stereocenters. The smallest absolute Gasteiger partial charge is 0.127 e. The Morgan fingerprint density at radius 2 is 2.40 bits per heavy atom. The molecule has 52 valence electrons. The van der Waals surface area contributed by atoms with E-state index in [2.05, 4.69) is 19.1 Å². The average Bonchev–Trinajstić information content (AvgIpc) is 2.03. The standard InChI is InChI=1S/C9H10O/c1-2-8-10-9-6-4-3-5-7-9/h3-4,7H,2,8H2,1H3. The highest BCUT2D eigenvalue weighted by molar-refractivity contribution is 5.18. The van der Waals surface area contributed by atoms with Crippen LogP contribution >= 0.6 is 0 Å². The van der Waals surface area contributed by atoms with Gasteiger partial charge in [0.1, 0.15) is 5.75 Å². The molecule has 0 fully saturated rings. The Morgan fingerprint density at radius 1 is 1.50 bits per heavy atom. The molecule has 0 aliphatic heterocycles. The summed E-state index contributed by atoms with van der Waals surface area (Å²) < 4.78 is 5.27. The molecule has 0 heterocycles. The highest BCUT2D eigenvalue weighted by Gasteiger charge is 1.87. The van der Waals surface area contributed by atoms with Gasteiger partial charge in [-0.1, -0.05) is 13.0 Å². The minimum absolute atomic E-state index is 0.758. The van der Waals surface area contributed by atoms with E-state index in [1.165, 1.54) is 0 Å². The number of hydrogen-bond donors (Lipinski definition) is 0. The van der Waals surface area contributed by atoms with Crippen LogP contribution < -0.4 is 4.74 Å². The molecule has 1 aromatic carbocycles. The molecule has 0 spiro atoms. The molecule has 0 N–H and O–H groups in total. The fraction of sp³-hybridized carbons (Fsp3) is 0.333. The van der Waals surface area contributed by atoms with Crippen LogP contribution in [-0.4, -0.2) is 6.61 Å². The van der Waals surface area contributed by atoms with E-state index in [1.807, 2.05) is 0 Å². The largest absolute Gasteiger partial charge is 0.493 e. The van der Waals surface area contributed by atoms with Crippen molar-refractivity contribution in [3.63, 3.8) is 0 Å². The summed E-state index contributed by atoms with van der Waals surface area (Å²) >= 11 is 0. The SMILES string of the molecule is CCCOc1[c]cc[c]c1. The van der Waals surface area contributed by atoms with Gasteiger partial charge >= 0.3 is 0 Å². The first kappa shape index (κ1) is 7.13. The molecule has 1 heteroatoms. The predicted octanol–water partition coefficient (Wildman–Crippen LogP) is 2.08. The zero-order chi connectivity index (χ0) is 7.23. The lowest BCUT2D eigenvalue weighted by molar-refractivity contribution is 0.316. The van der Waals surface area contributed by atoms with Crippen molar-refractivity contribution in [2.45, 2.75) is 13.3 Å². The highest BCUT2D eigenvalue weighted by Crippen LogP contribution is 2.06. The molecule has 0 aromatic heterocycles. The van der Waals surface area contributed by atoms with E-state index in [0.29, 0.717) is 0 Å². The maximum atomic E-state index is 5.27. The summed E-state index contributed by atoms with van der Waals surface area (Å²) in [4.78, 5) is 0. The van der Waals surface area contributed by atoms with Crippen LogP contribution in [0, 0.1) is 12.1 Å². The molecule has 1 rings (SSSR count). The summed E-state index contributed by atoms with van der Waals surface area (Å²) in [6.45, 7) is 2.83. The molecule has 0 unspecified atom stereocenters. The van der Waals surface area contributed by atoms with Crippen molar-refractivity contribution in [3.05, 3.63) is 30.3 Å². The van der Waals surface area contributed by atoms with E-state index in [0.717, 1.165) is 18.8 Å². The molecule has 0 saturated carbocycles. The molecular formula is C9H10O. The van der Waals surface area contributed by atoms with Crippen LogP contribution in [0.5, 0.6) is 5.75 Å². The van der Waals surface area contributed by atoms with Gasteiger partial charge in [0.2, 0.25) is 0 Å². The average molecular weight is 134 g/mol. The van der Waals surface area contributed by atoms with Gasteiger partial charge in [0.25, 0.3) is 0 Å². The van der Waals surface area contributed by atoms with Gasteiger partial charge in [-0.25, -0.2) is 0 Å². The third-order valence-electron chi connectivity index (χ3n) is 1.08. The normalized spacial score (nSPS) is 9.30. The van der Waals surface area contributed by atoms with Crippen LogP contribution in [-0.2, 0) is 0 Å². The summed E-state index contributed by atoms with van der Waals surface area (Å²) in [5.41, 5.74) is 0. The maximum Gasteiger partial charge on any atom is 0.127 e. The van der Waals surface area contributed by atoms with Gasteiger partial charge in [-0.2, -0.15) is 0 Å². The molecule has 1 nitrogen and oxygen atoms in total. The van der Waals surface area contributed by atoms with E-state index >= 15 is 0 Å². The monoisotopic (exact) mass is 134 g/mol. The number of rotatable bonds is 3.